The molecule has 0 spiro atoms. The van der Waals surface area contributed by atoms with E-state index in [9.17, 15) is 4.79 Å². The van der Waals surface area contributed by atoms with Gasteiger partial charge in [0.2, 0.25) is 0 Å². The van der Waals surface area contributed by atoms with Gasteiger partial charge in [0.1, 0.15) is 5.58 Å². The van der Waals surface area contributed by atoms with Crippen molar-refractivity contribution in [1.29, 1.82) is 0 Å². The van der Waals surface area contributed by atoms with Gasteiger partial charge < -0.3 is 4.42 Å². The van der Waals surface area contributed by atoms with E-state index < -0.39 is 5.63 Å². The molecule has 0 amide bonds. The fourth-order valence-corrected chi connectivity index (χ4v) is 3.72. The van der Waals surface area contributed by atoms with E-state index in [2.05, 4.69) is 31.2 Å². The molecular weight excluding hydrogens is 406 g/mol. The third-order valence-electron chi connectivity index (χ3n) is 5.27. The summed E-state index contributed by atoms with van der Waals surface area (Å²) in [5.41, 5.74) is 6.05. The molecule has 0 atom stereocenters. The largest absolute Gasteiger partial charge is 0.422 e. The van der Waals surface area contributed by atoms with Crippen molar-refractivity contribution < 1.29 is 4.42 Å². The van der Waals surface area contributed by atoms with E-state index in [-0.39, 0.29) is 0 Å². The number of hydrogen-bond donors (Lipinski definition) is 0. The summed E-state index contributed by atoms with van der Waals surface area (Å²) in [6.07, 6.45) is 0. The Kier molecular flexibility index (Phi) is 4.89. The van der Waals surface area contributed by atoms with Crippen LogP contribution in [0.1, 0.15) is 5.56 Å². The number of aryl methyl sites for hydroxylation is 1. The van der Waals surface area contributed by atoms with Gasteiger partial charge in [0.25, 0.3) is 0 Å². The summed E-state index contributed by atoms with van der Waals surface area (Å²) in [4.78, 5) is 17.6. The summed E-state index contributed by atoms with van der Waals surface area (Å²) in [6.45, 7) is 2.06. The van der Waals surface area contributed by atoms with Crippen molar-refractivity contribution >= 4 is 22.6 Å². The molecule has 0 saturated heterocycles. The molecule has 0 unspecified atom stereocenters. The first-order valence-corrected chi connectivity index (χ1v) is 10.3. The molecule has 5 rings (SSSR count). The monoisotopic (exact) mass is 423 g/mol. The van der Waals surface area contributed by atoms with Gasteiger partial charge in [-0.1, -0.05) is 71.8 Å². The van der Waals surface area contributed by atoms with Crippen LogP contribution in [0.2, 0.25) is 5.02 Å². The van der Waals surface area contributed by atoms with E-state index in [1.54, 1.807) is 6.07 Å². The van der Waals surface area contributed by atoms with Crippen LogP contribution >= 0.6 is 11.6 Å². The Labute approximate surface area is 184 Å². The topological polar surface area (TPSA) is 43.1 Å². The Hall–Kier alpha value is -3.69. The van der Waals surface area contributed by atoms with Gasteiger partial charge in [0.05, 0.1) is 17.0 Å². The van der Waals surface area contributed by atoms with Crippen molar-refractivity contribution in [2.75, 3.05) is 0 Å². The van der Waals surface area contributed by atoms with Crippen LogP contribution in [0.5, 0.6) is 0 Å². The van der Waals surface area contributed by atoms with Gasteiger partial charge in [0.15, 0.2) is 0 Å². The average Bonchev–Trinajstić information content (AvgIpc) is 2.79. The van der Waals surface area contributed by atoms with Crippen LogP contribution < -0.4 is 5.63 Å². The first-order chi connectivity index (χ1) is 15.1. The maximum atomic E-state index is 12.8. The Balaban J connectivity index is 1.75. The Morgan fingerprint density at radius 2 is 1.42 bits per heavy atom. The Bertz CT molecular complexity index is 1390. The second kappa shape index (κ2) is 7.86. The van der Waals surface area contributed by atoms with Gasteiger partial charge in [-0.2, -0.15) is 0 Å². The third-order valence-corrected chi connectivity index (χ3v) is 5.52. The summed E-state index contributed by atoms with van der Waals surface area (Å²) >= 11 is 6.07. The number of fused-ring (bicyclic) bond motifs is 1. The zero-order valence-corrected chi connectivity index (χ0v) is 17.6. The number of para-hydroxylation sites is 1. The van der Waals surface area contributed by atoms with Gasteiger partial charge >= 0.3 is 5.63 Å². The van der Waals surface area contributed by atoms with Gasteiger partial charge in [-0.05, 0) is 54.4 Å². The zero-order valence-electron chi connectivity index (χ0n) is 16.8. The van der Waals surface area contributed by atoms with Crippen LogP contribution in [0.3, 0.4) is 0 Å². The minimum absolute atomic E-state index is 0.408. The number of aromatic nitrogens is 1. The minimum atomic E-state index is -0.408. The molecule has 0 aliphatic rings. The van der Waals surface area contributed by atoms with E-state index in [4.69, 9.17) is 21.0 Å². The first kappa shape index (κ1) is 19.3. The number of pyridine rings is 1. The summed E-state index contributed by atoms with van der Waals surface area (Å²) in [5, 5.41) is 1.52. The summed E-state index contributed by atoms with van der Waals surface area (Å²) in [5.74, 6) is 0. The lowest BCUT2D eigenvalue weighted by molar-refractivity contribution is 0.563. The molecule has 0 bridgehead atoms. The first-order valence-electron chi connectivity index (χ1n) is 9.95. The maximum absolute atomic E-state index is 12.8. The lowest BCUT2D eigenvalue weighted by Gasteiger charge is -2.10. The molecule has 3 aromatic carbocycles. The van der Waals surface area contributed by atoms with E-state index in [0.29, 0.717) is 21.9 Å². The Morgan fingerprint density at radius 3 is 2.19 bits per heavy atom. The average molecular weight is 424 g/mol. The number of benzene rings is 3. The predicted molar refractivity (Wildman–Crippen MR) is 126 cm³/mol. The fraction of sp³-hybridized carbons (Fsp3) is 0.0370. The molecule has 31 heavy (non-hydrogen) atoms. The number of nitrogens with zero attached hydrogens (tertiary/aromatic N) is 1. The molecule has 150 valence electrons. The van der Waals surface area contributed by atoms with Crippen LogP contribution in [-0.4, -0.2) is 4.98 Å². The SMILES string of the molecule is Cc1ccc(-c2cc(-c3ccc(Cl)cc3)nc(-c3cc4ccccc4oc3=O)c2)cc1. The van der Waals surface area contributed by atoms with Crippen LogP contribution in [0.4, 0.5) is 0 Å². The molecule has 0 aliphatic carbocycles. The number of hydrogen-bond acceptors (Lipinski definition) is 3. The zero-order chi connectivity index (χ0) is 21.4. The van der Waals surface area contributed by atoms with Crippen LogP contribution in [0.15, 0.2) is 100 Å². The van der Waals surface area contributed by atoms with E-state index in [1.807, 2.05) is 60.7 Å². The van der Waals surface area contributed by atoms with Crippen molar-refractivity contribution in [2.45, 2.75) is 6.92 Å². The van der Waals surface area contributed by atoms with Gasteiger partial charge in [0, 0.05) is 16.0 Å². The van der Waals surface area contributed by atoms with Crippen LogP contribution in [0, 0.1) is 6.92 Å². The minimum Gasteiger partial charge on any atom is -0.422 e. The molecule has 5 aromatic rings. The molecular formula is C27H18ClNO2. The quantitative estimate of drug-likeness (QED) is 0.289. The molecule has 0 aliphatic heterocycles. The molecule has 0 saturated carbocycles. The second-order valence-electron chi connectivity index (χ2n) is 7.48. The highest BCUT2D eigenvalue weighted by atomic mass is 35.5. The molecule has 3 nitrogen and oxygen atoms in total. The van der Waals surface area contributed by atoms with Crippen molar-refractivity contribution in [3.63, 3.8) is 0 Å². The highest BCUT2D eigenvalue weighted by Gasteiger charge is 2.13. The smallest absolute Gasteiger partial charge is 0.345 e. The molecule has 0 radical (unpaired) electrons. The van der Waals surface area contributed by atoms with E-state index in [1.165, 1.54) is 5.56 Å². The lowest BCUT2D eigenvalue weighted by atomic mass is 9.99. The van der Waals surface area contributed by atoms with Crippen LogP contribution in [0.25, 0.3) is 44.6 Å². The molecule has 4 heteroatoms. The normalized spacial score (nSPS) is 11.0. The lowest BCUT2D eigenvalue weighted by Crippen LogP contribution is -2.04. The second-order valence-corrected chi connectivity index (χ2v) is 7.92. The van der Waals surface area contributed by atoms with Gasteiger partial charge in [-0.25, -0.2) is 9.78 Å². The highest BCUT2D eigenvalue weighted by Crippen LogP contribution is 2.31. The summed E-state index contributed by atoms with van der Waals surface area (Å²) in [6, 6.07) is 29.1. The standard InChI is InChI=1S/C27H18ClNO2/c1-17-6-8-18(9-7-17)21-15-24(19-10-12-22(28)13-11-19)29-25(16-21)23-14-20-4-2-3-5-26(20)31-27(23)30/h2-16H,1H3. The van der Waals surface area contributed by atoms with Gasteiger partial charge in [-0.3, -0.25) is 0 Å². The Morgan fingerprint density at radius 1 is 0.742 bits per heavy atom. The summed E-state index contributed by atoms with van der Waals surface area (Å²) < 4.78 is 5.56. The molecule has 2 aromatic heterocycles. The number of rotatable bonds is 3. The van der Waals surface area contributed by atoms with Crippen molar-refractivity contribution in [3.05, 3.63) is 112 Å². The van der Waals surface area contributed by atoms with Crippen LogP contribution in [-0.2, 0) is 0 Å². The van der Waals surface area contributed by atoms with Gasteiger partial charge in [-0.15, -0.1) is 0 Å². The fourth-order valence-electron chi connectivity index (χ4n) is 3.59. The van der Waals surface area contributed by atoms with E-state index in [0.717, 1.165) is 27.8 Å². The van der Waals surface area contributed by atoms with Crippen molar-refractivity contribution in [3.8, 4) is 33.6 Å². The summed E-state index contributed by atoms with van der Waals surface area (Å²) in [7, 11) is 0. The molecule has 0 N–H and O–H groups in total. The van der Waals surface area contributed by atoms with Crippen molar-refractivity contribution in [2.24, 2.45) is 0 Å². The molecule has 0 fully saturated rings. The predicted octanol–water partition coefficient (Wildman–Crippen LogP) is 7.15. The highest BCUT2D eigenvalue weighted by molar-refractivity contribution is 6.30. The third kappa shape index (κ3) is 3.88. The maximum Gasteiger partial charge on any atom is 0.345 e. The van der Waals surface area contributed by atoms with Crippen molar-refractivity contribution in [1.82, 2.24) is 4.98 Å². The molecule has 2 heterocycles. The number of halogens is 1. The van der Waals surface area contributed by atoms with E-state index >= 15 is 0 Å².